The van der Waals surface area contributed by atoms with Crippen LogP contribution in [0.15, 0.2) is 71.6 Å². The predicted octanol–water partition coefficient (Wildman–Crippen LogP) is 4.46. The van der Waals surface area contributed by atoms with Crippen LogP contribution in [0.25, 0.3) is 0 Å². The van der Waals surface area contributed by atoms with Crippen molar-refractivity contribution in [2.45, 2.75) is 24.5 Å². The van der Waals surface area contributed by atoms with Gasteiger partial charge in [0, 0.05) is 22.7 Å². The van der Waals surface area contributed by atoms with E-state index in [1.807, 2.05) is 6.07 Å². The van der Waals surface area contributed by atoms with Crippen molar-refractivity contribution in [2.24, 2.45) is 5.14 Å². The van der Waals surface area contributed by atoms with Gasteiger partial charge in [-0.25, -0.2) is 17.9 Å². The molecule has 0 amide bonds. The van der Waals surface area contributed by atoms with Gasteiger partial charge in [0.05, 0.1) is 4.90 Å². The average molecular weight is 485 g/mol. The van der Waals surface area contributed by atoms with E-state index in [0.717, 1.165) is 11.1 Å². The molecule has 0 heterocycles. The zero-order valence-electron chi connectivity index (χ0n) is 16.6. The molecule has 0 aliphatic carbocycles. The van der Waals surface area contributed by atoms with Crippen LogP contribution >= 0.6 is 24.0 Å². The number of rotatable bonds is 9. The summed E-state index contributed by atoms with van der Waals surface area (Å²) < 4.78 is 42.2. The molecule has 0 saturated carbocycles. The van der Waals surface area contributed by atoms with E-state index in [4.69, 9.17) is 21.5 Å². The van der Waals surface area contributed by atoms with Crippen LogP contribution in [0.2, 0.25) is 5.02 Å². The fourth-order valence-corrected chi connectivity index (χ4v) is 3.61. The minimum atomic E-state index is -3.68. The molecule has 9 heteroatoms. The van der Waals surface area contributed by atoms with E-state index in [9.17, 15) is 12.8 Å². The summed E-state index contributed by atoms with van der Waals surface area (Å²) in [4.78, 5) is 0.0924. The van der Waals surface area contributed by atoms with Crippen LogP contribution in [0, 0.1) is 5.82 Å². The summed E-state index contributed by atoms with van der Waals surface area (Å²) in [6.07, 6.45) is 0.705. The van der Waals surface area contributed by atoms with E-state index >= 15 is 0 Å². The zero-order chi connectivity index (χ0) is 21.6. The van der Waals surface area contributed by atoms with Crippen LogP contribution in [-0.4, -0.2) is 15.0 Å². The predicted molar refractivity (Wildman–Crippen MR) is 123 cm³/mol. The molecule has 0 bridgehead atoms. The Hall–Kier alpha value is -2.16. The molecule has 0 unspecified atom stereocenters. The summed E-state index contributed by atoms with van der Waals surface area (Å²) in [5.74, 6) is 0.326. The first kappa shape index (κ1) is 25.1. The molecule has 0 aliphatic heterocycles. The molecule has 0 spiro atoms. The molecule has 0 aromatic heterocycles. The van der Waals surface area contributed by atoms with Crippen LogP contribution in [0.1, 0.15) is 16.7 Å². The van der Waals surface area contributed by atoms with Gasteiger partial charge in [0.2, 0.25) is 10.0 Å². The molecule has 31 heavy (non-hydrogen) atoms. The Morgan fingerprint density at radius 2 is 1.71 bits per heavy atom. The second kappa shape index (κ2) is 11.5. The summed E-state index contributed by atoms with van der Waals surface area (Å²) in [5.41, 5.74) is 2.33. The highest BCUT2D eigenvalue weighted by Crippen LogP contribution is 2.24. The molecule has 3 aromatic rings. The highest BCUT2D eigenvalue weighted by Gasteiger charge is 2.09. The quantitative estimate of drug-likeness (QED) is 0.439. The van der Waals surface area contributed by atoms with Gasteiger partial charge in [-0.15, -0.1) is 12.4 Å². The van der Waals surface area contributed by atoms with Crippen molar-refractivity contribution in [1.82, 2.24) is 5.32 Å². The van der Waals surface area contributed by atoms with E-state index in [1.54, 1.807) is 42.5 Å². The topological polar surface area (TPSA) is 81.4 Å². The van der Waals surface area contributed by atoms with Gasteiger partial charge in [0.25, 0.3) is 0 Å². The van der Waals surface area contributed by atoms with Gasteiger partial charge in [-0.2, -0.15) is 0 Å². The summed E-state index contributed by atoms with van der Waals surface area (Å²) in [6, 6.07) is 18.3. The number of ether oxygens (including phenoxy) is 1. The van der Waals surface area contributed by atoms with Gasteiger partial charge in [-0.1, -0.05) is 41.9 Å². The Morgan fingerprint density at radius 1 is 1.00 bits per heavy atom. The van der Waals surface area contributed by atoms with Crippen LogP contribution in [-0.2, 0) is 29.6 Å². The van der Waals surface area contributed by atoms with Gasteiger partial charge in [0.1, 0.15) is 18.2 Å². The van der Waals surface area contributed by atoms with Gasteiger partial charge in [-0.05, 0) is 54.9 Å². The molecular weight excluding hydrogens is 462 g/mol. The molecule has 3 rings (SSSR count). The standard InChI is InChI=1S/C22H22ClFN2O3S.ClH/c23-19-7-10-22(29-15-17-3-1-2-4-21(17)24)18(13-19)14-26-12-11-16-5-8-20(9-6-16)30(25,27)28;/h1-10,13,26H,11-12,14-15H2,(H2,25,27,28);1H. The second-order valence-corrected chi connectivity index (χ2v) is 8.75. The summed E-state index contributed by atoms with van der Waals surface area (Å²) in [6.45, 7) is 1.30. The fourth-order valence-electron chi connectivity index (χ4n) is 2.90. The third-order valence-electron chi connectivity index (χ3n) is 4.52. The first-order chi connectivity index (χ1) is 14.3. The third kappa shape index (κ3) is 7.48. The van der Waals surface area contributed by atoms with Crippen molar-refractivity contribution in [2.75, 3.05) is 6.54 Å². The van der Waals surface area contributed by atoms with E-state index in [-0.39, 0.29) is 29.7 Å². The van der Waals surface area contributed by atoms with E-state index in [1.165, 1.54) is 18.2 Å². The second-order valence-electron chi connectivity index (χ2n) is 6.75. The molecule has 0 atom stereocenters. The number of hydrogen-bond acceptors (Lipinski definition) is 4. The molecule has 3 N–H and O–H groups in total. The minimum absolute atomic E-state index is 0. The summed E-state index contributed by atoms with van der Waals surface area (Å²) >= 11 is 6.12. The fraction of sp³-hybridized carbons (Fsp3) is 0.182. The maximum absolute atomic E-state index is 13.8. The van der Waals surface area contributed by atoms with Crippen LogP contribution < -0.4 is 15.2 Å². The van der Waals surface area contributed by atoms with E-state index in [0.29, 0.717) is 35.8 Å². The van der Waals surface area contributed by atoms with E-state index in [2.05, 4.69) is 5.32 Å². The molecule has 0 fully saturated rings. The third-order valence-corrected chi connectivity index (χ3v) is 5.69. The number of benzene rings is 3. The van der Waals surface area contributed by atoms with Crippen molar-refractivity contribution in [3.63, 3.8) is 0 Å². The lowest BCUT2D eigenvalue weighted by Crippen LogP contribution is -2.17. The number of halogens is 3. The molecule has 0 saturated heterocycles. The monoisotopic (exact) mass is 484 g/mol. The van der Waals surface area contributed by atoms with Crippen molar-refractivity contribution in [1.29, 1.82) is 0 Å². The van der Waals surface area contributed by atoms with Crippen LogP contribution in [0.5, 0.6) is 5.75 Å². The number of nitrogens with two attached hydrogens (primary N) is 1. The first-order valence-corrected chi connectivity index (χ1v) is 11.2. The maximum atomic E-state index is 13.8. The SMILES string of the molecule is Cl.NS(=O)(=O)c1ccc(CCNCc2cc(Cl)ccc2OCc2ccccc2F)cc1. The molecule has 5 nitrogen and oxygen atoms in total. The van der Waals surface area contributed by atoms with Crippen molar-refractivity contribution < 1.29 is 17.5 Å². The van der Waals surface area contributed by atoms with Crippen molar-refractivity contribution in [3.05, 3.63) is 94.3 Å². The van der Waals surface area contributed by atoms with Gasteiger partial charge in [-0.3, -0.25) is 0 Å². The Kier molecular flexibility index (Phi) is 9.28. The molecular formula is C22H23Cl2FN2O3S. The first-order valence-electron chi connectivity index (χ1n) is 9.30. The molecule has 166 valence electrons. The Bertz CT molecular complexity index is 1110. The average Bonchev–Trinajstić information content (AvgIpc) is 2.71. The highest BCUT2D eigenvalue weighted by molar-refractivity contribution is 7.89. The normalized spacial score (nSPS) is 11.1. The molecule has 0 aliphatic rings. The van der Waals surface area contributed by atoms with Gasteiger partial charge in [0.15, 0.2) is 0 Å². The zero-order valence-corrected chi connectivity index (χ0v) is 18.9. The Morgan fingerprint density at radius 3 is 2.39 bits per heavy atom. The number of nitrogens with one attached hydrogen (secondary N) is 1. The number of hydrogen-bond donors (Lipinski definition) is 2. The summed E-state index contributed by atoms with van der Waals surface area (Å²) in [5, 5.41) is 9.01. The van der Waals surface area contributed by atoms with Crippen molar-refractivity contribution in [3.8, 4) is 5.75 Å². The largest absolute Gasteiger partial charge is 0.488 e. The Balaban J connectivity index is 0.00000341. The van der Waals surface area contributed by atoms with Gasteiger partial charge < -0.3 is 10.1 Å². The maximum Gasteiger partial charge on any atom is 0.238 e. The lowest BCUT2D eigenvalue weighted by atomic mass is 10.1. The lowest BCUT2D eigenvalue weighted by Gasteiger charge is -2.13. The number of primary sulfonamides is 1. The van der Waals surface area contributed by atoms with E-state index < -0.39 is 10.0 Å². The van der Waals surface area contributed by atoms with Crippen molar-refractivity contribution >= 4 is 34.0 Å². The lowest BCUT2D eigenvalue weighted by molar-refractivity contribution is 0.296. The van der Waals surface area contributed by atoms with Crippen LogP contribution in [0.3, 0.4) is 0 Å². The molecule has 0 radical (unpaired) electrons. The minimum Gasteiger partial charge on any atom is -0.488 e. The smallest absolute Gasteiger partial charge is 0.238 e. The highest BCUT2D eigenvalue weighted by atomic mass is 35.5. The number of sulfonamides is 1. The summed E-state index contributed by atoms with van der Waals surface area (Å²) in [7, 11) is -3.68. The Labute approximate surface area is 192 Å². The van der Waals surface area contributed by atoms with Gasteiger partial charge >= 0.3 is 0 Å². The van der Waals surface area contributed by atoms with Crippen LogP contribution in [0.4, 0.5) is 4.39 Å². The molecule has 3 aromatic carbocycles.